The van der Waals surface area contributed by atoms with Gasteiger partial charge in [-0.05, 0) is 43.4 Å². The summed E-state index contributed by atoms with van der Waals surface area (Å²) in [6, 6.07) is 3.63. The maximum atomic E-state index is 12.7. The first-order chi connectivity index (χ1) is 11.1. The topological polar surface area (TPSA) is 76.1 Å². The smallest absolute Gasteiger partial charge is 0.177 e. The standard InChI is InChI=1S/C17H18N2O3S/c20-14-5-1-3-12-16(14)15(11-6-8-18-9-7-11)17-13(19-12)4-2-10-23(17,21)22/h6-9,15,19H,1-5,10H2. The van der Waals surface area contributed by atoms with E-state index < -0.39 is 15.8 Å². The molecule has 23 heavy (non-hydrogen) atoms. The number of Topliss-reactive ketones (excluding diaryl/α,β-unsaturated/α-hetero) is 1. The van der Waals surface area contributed by atoms with Crippen molar-refractivity contribution in [2.75, 3.05) is 5.75 Å². The van der Waals surface area contributed by atoms with Crippen molar-refractivity contribution in [3.05, 3.63) is 52.0 Å². The molecule has 0 saturated heterocycles. The molecule has 3 heterocycles. The van der Waals surface area contributed by atoms with Gasteiger partial charge in [0, 0.05) is 35.8 Å². The molecule has 0 fully saturated rings. The Labute approximate surface area is 135 Å². The molecule has 1 unspecified atom stereocenters. The molecule has 6 heteroatoms. The van der Waals surface area contributed by atoms with E-state index in [0.29, 0.717) is 23.3 Å². The highest BCUT2D eigenvalue weighted by molar-refractivity contribution is 7.95. The summed E-state index contributed by atoms with van der Waals surface area (Å²) in [6.07, 6.45) is 6.78. The zero-order valence-corrected chi connectivity index (χ0v) is 13.5. The van der Waals surface area contributed by atoms with Gasteiger partial charge in [-0.15, -0.1) is 0 Å². The van der Waals surface area contributed by atoms with Crippen LogP contribution < -0.4 is 5.32 Å². The monoisotopic (exact) mass is 330 g/mol. The molecule has 4 rings (SSSR count). The van der Waals surface area contributed by atoms with E-state index in [9.17, 15) is 13.2 Å². The molecule has 0 saturated carbocycles. The first-order valence-electron chi connectivity index (χ1n) is 7.97. The fourth-order valence-electron chi connectivity index (χ4n) is 3.85. The van der Waals surface area contributed by atoms with E-state index in [-0.39, 0.29) is 11.5 Å². The highest BCUT2D eigenvalue weighted by Crippen LogP contribution is 2.46. The summed E-state index contributed by atoms with van der Waals surface area (Å²) >= 11 is 0. The molecule has 1 aromatic rings. The number of nitrogens with zero attached hydrogens (tertiary/aromatic N) is 1. The molecule has 1 atom stereocenters. The number of carbonyl (C=O) groups is 1. The van der Waals surface area contributed by atoms with E-state index in [1.54, 1.807) is 12.4 Å². The Kier molecular flexibility index (Phi) is 3.37. The third kappa shape index (κ3) is 2.32. The molecular weight excluding hydrogens is 312 g/mol. The Hall–Kier alpha value is -1.95. The summed E-state index contributed by atoms with van der Waals surface area (Å²) in [4.78, 5) is 17.0. The van der Waals surface area contributed by atoms with Gasteiger partial charge in [0.15, 0.2) is 15.6 Å². The number of ketones is 1. The predicted molar refractivity (Wildman–Crippen MR) is 86.0 cm³/mol. The zero-order chi connectivity index (χ0) is 16.0. The lowest BCUT2D eigenvalue weighted by Gasteiger charge is -2.37. The van der Waals surface area contributed by atoms with Crippen LogP contribution in [0.2, 0.25) is 0 Å². The maximum absolute atomic E-state index is 12.7. The van der Waals surface area contributed by atoms with Crippen LogP contribution in [0.3, 0.4) is 0 Å². The van der Waals surface area contributed by atoms with Crippen molar-refractivity contribution in [1.82, 2.24) is 10.3 Å². The van der Waals surface area contributed by atoms with E-state index >= 15 is 0 Å². The lowest BCUT2D eigenvalue weighted by atomic mass is 9.79. The van der Waals surface area contributed by atoms with Gasteiger partial charge in [-0.2, -0.15) is 0 Å². The number of allylic oxidation sites excluding steroid dienone is 4. The highest BCUT2D eigenvalue weighted by Gasteiger charge is 2.42. The van der Waals surface area contributed by atoms with E-state index in [4.69, 9.17) is 0 Å². The second-order valence-corrected chi connectivity index (χ2v) is 8.35. The highest BCUT2D eigenvalue weighted by atomic mass is 32.2. The zero-order valence-electron chi connectivity index (χ0n) is 12.7. The SMILES string of the molecule is O=C1CCCC2=C1C(c1ccncc1)C1=C(CCCS1(=O)=O)N2. The Morgan fingerprint density at radius 2 is 1.78 bits per heavy atom. The summed E-state index contributed by atoms with van der Waals surface area (Å²) < 4.78 is 25.5. The van der Waals surface area contributed by atoms with Crippen molar-refractivity contribution in [2.24, 2.45) is 0 Å². The lowest BCUT2D eigenvalue weighted by molar-refractivity contribution is -0.116. The van der Waals surface area contributed by atoms with Crippen molar-refractivity contribution < 1.29 is 13.2 Å². The van der Waals surface area contributed by atoms with Crippen molar-refractivity contribution >= 4 is 15.6 Å². The first kappa shape index (κ1) is 14.6. The van der Waals surface area contributed by atoms with Gasteiger partial charge < -0.3 is 5.32 Å². The van der Waals surface area contributed by atoms with Crippen LogP contribution in [0.15, 0.2) is 46.4 Å². The quantitative estimate of drug-likeness (QED) is 0.854. The molecule has 2 aliphatic heterocycles. The van der Waals surface area contributed by atoms with Gasteiger partial charge in [0.25, 0.3) is 0 Å². The molecule has 0 bridgehead atoms. The summed E-state index contributed by atoms with van der Waals surface area (Å²) in [6.45, 7) is 0. The van der Waals surface area contributed by atoms with Gasteiger partial charge in [-0.3, -0.25) is 9.78 Å². The number of rotatable bonds is 1. The average Bonchev–Trinajstić information content (AvgIpc) is 2.54. The van der Waals surface area contributed by atoms with Gasteiger partial charge in [-0.25, -0.2) is 8.42 Å². The van der Waals surface area contributed by atoms with Gasteiger partial charge in [0.05, 0.1) is 16.6 Å². The molecule has 0 aromatic carbocycles. The summed E-state index contributed by atoms with van der Waals surface area (Å²) in [7, 11) is -3.34. The normalized spacial score (nSPS) is 26.4. The van der Waals surface area contributed by atoms with Gasteiger partial charge in [0.2, 0.25) is 0 Å². The van der Waals surface area contributed by atoms with Crippen molar-refractivity contribution in [2.45, 2.75) is 38.0 Å². The fraction of sp³-hybridized carbons (Fsp3) is 0.412. The van der Waals surface area contributed by atoms with Crippen LogP contribution in [-0.2, 0) is 14.6 Å². The third-order valence-electron chi connectivity index (χ3n) is 4.82. The maximum Gasteiger partial charge on any atom is 0.177 e. The van der Waals surface area contributed by atoms with Gasteiger partial charge >= 0.3 is 0 Å². The fourth-order valence-corrected chi connectivity index (χ4v) is 5.74. The van der Waals surface area contributed by atoms with Crippen LogP contribution in [-0.4, -0.2) is 24.9 Å². The second kappa shape index (κ2) is 5.30. The van der Waals surface area contributed by atoms with Crippen molar-refractivity contribution in [3.63, 3.8) is 0 Å². The molecule has 120 valence electrons. The van der Waals surface area contributed by atoms with Crippen molar-refractivity contribution in [1.29, 1.82) is 0 Å². The first-order valence-corrected chi connectivity index (χ1v) is 9.62. The Morgan fingerprint density at radius 1 is 1.04 bits per heavy atom. The molecule has 1 N–H and O–H groups in total. The third-order valence-corrected chi connectivity index (χ3v) is 6.80. The number of dihydropyridines is 1. The van der Waals surface area contributed by atoms with E-state index in [1.807, 2.05) is 12.1 Å². The Bertz CT molecular complexity index is 838. The lowest BCUT2D eigenvalue weighted by Crippen LogP contribution is -2.37. The predicted octanol–water partition coefficient (Wildman–Crippen LogP) is 2.20. The molecule has 1 aliphatic carbocycles. The van der Waals surface area contributed by atoms with Crippen LogP contribution in [0.4, 0.5) is 0 Å². The minimum atomic E-state index is -3.34. The van der Waals surface area contributed by atoms with E-state index in [0.717, 1.165) is 36.2 Å². The number of aromatic nitrogens is 1. The Balaban J connectivity index is 1.96. The van der Waals surface area contributed by atoms with E-state index in [2.05, 4.69) is 10.3 Å². The van der Waals surface area contributed by atoms with Gasteiger partial charge in [0.1, 0.15) is 0 Å². The van der Waals surface area contributed by atoms with E-state index in [1.165, 1.54) is 0 Å². The minimum absolute atomic E-state index is 0.0629. The molecule has 1 aromatic heterocycles. The number of pyridine rings is 1. The molecule has 0 spiro atoms. The van der Waals surface area contributed by atoms with Crippen molar-refractivity contribution in [3.8, 4) is 0 Å². The van der Waals surface area contributed by atoms with Crippen LogP contribution >= 0.6 is 0 Å². The summed E-state index contributed by atoms with van der Waals surface area (Å²) in [5, 5.41) is 3.29. The van der Waals surface area contributed by atoms with Crippen LogP contribution in [0.5, 0.6) is 0 Å². The summed E-state index contributed by atoms with van der Waals surface area (Å²) in [5.41, 5.74) is 3.18. The number of carbonyl (C=O) groups excluding carboxylic acids is 1. The van der Waals surface area contributed by atoms with Gasteiger partial charge in [-0.1, -0.05) is 0 Å². The Morgan fingerprint density at radius 3 is 2.57 bits per heavy atom. The number of nitrogens with one attached hydrogen (secondary N) is 1. The van der Waals surface area contributed by atoms with Crippen LogP contribution in [0.1, 0.15) is 43.6 Å². The van der Waals surface area contributed by atoms with Crippen LogP contribution in [0.25, 0.3) is 0 Å². The molecule has 3 aliphatic rings. The largest absolute Gasteiger partial charge is 0.361 e. The number of sulfone groups is 1. The molecule has 0 amide bonds. The number of hydrogen-bond donors (Lipinski definition) is 1. The number of hydrogen-bond acceptors (Lipinski definition) is 5. The summed E-state index contributed by atoms with van der Waals surface area (Å²) in [5.74, 6) is -0.249. The molecule has 0 radical (unpaired) electrons. The molecular formula is C17H18N2O3S. The molecule has 5 nitrogen and oxygen atoms in total. The second-order valence-electron chi connectivity index (χ2n) is 6.27. The minimum Gasteiger partial charge on any atom is -0.361 e. The average molecular weight is 330 g/mol. The van der Waals surface area contributed by atoms with Crippen LogP contribution in [0, 0.1) is 0 Å².